The number of hydrogen-bond donors (Lipinski definition) is 4. The van der Waals surface area contributed by atoms with Gasteiger partial charge < -0.3 is 19.9 Å². The van der Waals surface area contributed by atoms with Gasteiger partial charge in [-0.05, 0) is 60.7 Å². The Labute approximate surface area is 255 Å². The SMILES string of the molecule is COc1cc(N=Nc2cccc(SOOO)c2)ccc1N=C(O)Nc1ccc(N=Nc2cccc(S(=O)(=O)O)c2)cc1OC. The van der Waals surface area contributed by atoms with Crippen molar-refractivity contribution < 1.29 is 42.2 Å². The molecule has 0 atom stereocenters. The van der Waals surface area contributed by atoms with E-state index in [0.717, 1.165) is 12.0 Å². The molecule has 4 rings (SSSR count). The molecular weight excluding hydrogens is 616 g/mol. The highest BCUT2D eigenvalue weighted by atomic mass is 32.2. The molecule has 0 heterocycles. The summed E-state index contributed by atoms with van der Waals surface area (Å²) >= 11 is 0.797. The zero-order valence-corrected chi connectivity index (χ0v) is 24.6. The van der Waals surface area contributed by atoms with Crippen LogP contribution >= 0.6 is 12.0 Å². The maximum Gasteiger partial charge on any atom is 0.294 e. The standard InChI is InChI=1S/C27H24N6O9S2/c1-39-25-15-19(32-30-17-5-3-7-21(13-17)43-42-41-35)9-11-23(25)28-27(34)29-24-12-10-20(16-26(24)40-2)33-31-18-6-4-8-22(14-18)44(36,37)38/h3-16,35H,1-2H3,(H2,28,29,34)(H,36,37,38). The molecule has 0 aromatic heterocycles. The Bertz CT molecular complexity index is 1820. The Kier molecular flexibility index (Phi) is 10.9. The van der Waals surface area contributed by atoms with E-state index in [0.29, 0.717) is 44.8 Å². The molecule has 0 saturated heterocycles. The molecule has 0 radical (unpaired) electrons. The average Bonchev–Trinajstić information content (AvgIpc) is 3.02. The van der Waals surface area contributed by atoms with Crippen molar-refractivity contribution in [1.82, 2.24) is 0 Å². The van der Waals surface area contributed by atoms with E-state index < -0.39 is 16.1 Å². The number of rotatable bonds is 12. The maximum absolute atomic E-state index is 11.3. The Morgan fingerprint density at radius 3 is 2.00 bits per heavy atom. The lowest BCUT2D eigenvalue weighted by Gasteiger charge is -2.11. The van der Waals surface area contributed by atoms with Gasteiger partial charge in [0.1, 0.15) is 17.2 Å². The summed E-state index contributed by atoms with van der Waals surface area (Å²) < 4.78 is 47.1. The monoisotopic (exact) mass is 640 g/mol. The van der Waals surface area contributed by atoms with Crippen molar-refractivity contribution in [2.45, 2.75) is 9.79 Å². The van der Waals surface area contributed by atoms with Crippen LogP contribution < -0.4 is 14.8 Å². The van der Waals surface area contributed by atoms with Crippen LogP contribution in [0.3, 0.4) is 0 Å². The fourth-order valence-corrected chi connectivity index (χ4v) is 4.45. The van der Waals surface area contributed by atoms with Gasteiger partial charge in [0, 0.05) is 17.0 Å². The highest BCUT2D eigenvalue weighted by Gasteiger charge is 2.11. The third-order valence-corrected chi connectivity index (χ3v) is 6.90. The van der Waals surface area contributed by atoms with Gasteiger partial charge in [-0.25, -0.2) is 5.26 Å². The molecule has 0 fully saturated rings. The van der Waals surface area contributed by atoms with E-state index in [-0.39, 0.29) is 10.6 Å². The summed E-state index contributed by atoms with van der Waals surface area (Å²) in [6.07, 6.45) is 0. The van der Waals surface area contributed by atoms with Crippen molar-refractivity contribution in [2.24, 2.45) is 25.4 Å². The first-order valence-corrected chi connectivity index (χ1v) is 14.4. The van der Waals surface area contributed by atoms with Crippen molar-refractivity contribution in [2.75, 3.05) is 19.5 Å². The van der Waals surface area contributed by atoms with Gasteiger partial charge in [0.25, 0.3) is 16.1 Å². The smallest absolute Gasteiger partial charge is 0.294 e. The Hall–Kier alpha value is -4.91. The van der Waals surface area contributed by atoms with Gasteiger partial charge in [-0.2, -0.15) is 33.9 Å². The van der Waals surface area contributed by atoms with Crippen LogP contribution in [0.2, 0.25) is 0 Å². The lowest BCUT2D eigenvalue weighted by atomic mass is 10.2. The minimum Gasteiger partial charge on any atom is -0.494 e. The molecule has 4 N–H and O–H groups in total. The highest BCUT2D eigenvalue weighted by Crippen LogP contribution is 2.34. The molecule has 0 spiro atoms. The summed E-state index contributed by atoms with van der Waals surface area (Å²) in [6, 6.07) is 21.2. The largest absolute Gasteiger partial charge is 0.494 e. The van der Waals surface area contributed by atoms with Crippen LogP contribution in [0.15, 0.2) is 120 Å². The van der Waals surface area contributed by atoms with E-state index in [1.54, 1.807) is 54.6 Å². The highest BCUT2D eigenvalue weighted by molar-refractivity contribution is 7.94. The molecule has 0 saturated carbocycles. The average molecular weight is 641 g/mol. The third-order valence-electron chi connectivity index (χ3n) is 5.48. The minimum atomic E-state index is -4.38. The van der Waals surface area contributed by atoms with E-state index in [1.807, 2.05) is 0 Å². The predicted molar refractivity (Wildman–Crippen MR) is 161 cm³/mol. The quantitative estimate of drug-likeness (QED) is 0.0223. The summed E-state index contributed by atoms with van der Waals surface area (Å²) in [5.74, 6) is 0.615. The predicted octanol–water partition coefficient (Wildman–Crippen LogP) is 7.87. The lowest BCUT2D eigenvalue weighted by Crippen LogP contribution is -2.11. The van der Waals surface area contributed by atoms with Crippen molar-refractivity contribution in [1.29, 1.82) is 0 Å². The maximum atomic E-state index is 11.3. The van der Waals surface area contributed by atoms with E-state index in [9.17, 15) is 18.1 Å². The molecule has 17 heteroatoms. The number of aliphatic hydroxyl groups is 1. The summed E-state index contributed by atoms with van der Waals surface area (Å²) in [5.41, 5.74) is 2.21. The van der Waals surface area contributed by atoms with Gasteiger partial charge in [0.05, 0.1) is 59.6 Å². The molecule has 0 bridgehead atoms. The van der Waals surface area contributed by atoms with Crippen LogP contribution in [-0.2, 0) is 19.5 Å². The lowest BCUT2D eigenvalue weighted by molar-refractivity contribution is -0.432. The van der Waals surface area contributed by atoms with Crippen LogP contribution in [-0.4, -0.2) is 43.6 Å². The van der Waals surface area contributed by atoms with E-state index >= 15 is 0 Å². The zero-order valence-electron chi connectivity index (χ0n) is 22.9. The fraction of sp³-hybridized carbons (Fsp3) is 0.0741. The number of ether oxygens (including phenoxy) is 2. The number of aliphatic imine (C=N–C) groups is 1. The molecule has 15 nitrogen and oxygen atoms in total. The Morgan fingerprint density at radius 2 is 1.36 bits per heavy atom. The summed E-state index contributed by atoms with van der Waals surface area (Å²) in [5, 5.41) is 41.6. The number of azo groups is 2. The van der Waals surface area contributed by atoms with E-state index in [1.165, 1.54) is 44.6 Å². The van der Waals surface area contributed by atoms with Gasteiger partial charge in [0.2, 0.25) is 0 Å². The molecule has 0 aliphatic heterocycles. The first kappa shape index (κ1) is 32.0. The second kappa shape index (κ2) is 15.0. The number of aliphatic hydroxyl groups excluding tert-OH is 1. The first-order valence-electron chi connectivity index (χ1n) is 12.2. The van der Waals surface area contributed by atoms with Gasteiger partial charge >= 0.3 is 0 Å². The number of nitrogens with one attached hydrogen (secondary N) is 1. The molecule has 0 unspecified atom stereocenters. The first-order chi connectivity index (χ1) is 21.2. The van der Waals surface area contributed by atoms with E-state index in [2.05, 4.69) is 40.1 Å². The second-order valence-electron chi connectivity index (χ2n) is 8.40. The van der Waals surface area contributed by atoms with Gasteiger partial charge in [-0.1, -0.05) is 17.2 Å². The molecule has 0 aliphatic rings. The molecule has 0 amide bonds. The molecule has 0 aliphatic carbocycles. The van der Waals surface area contributed by atoms with E-state index in [4.69, 9.17) is 14.7 Å². The normalized spacial score (nSPS) is 12.1. The number of nitrogens with zero attached hydrogens (tertiary/aromatic N) is 5. The van der Waals surface area contributed by atoms with Crippen LogP contribution in [0.5, 0.6) is 11.5 Å². The van der Waals surface area contributed by atoms with Crippen LogP contribution in [0.4, 0.5) is 34.1 Å². The van der Waals surface area contributed by atoms with Crippen molar-refractivity contribution in [3.05, 3.63) is 84.9 Å². The molecule has 44 heavy (non-hydrogen) atoms. The third kappa shape index (κ3) is 9.04. The summed E-state index contributed by atoms with van der Waals surface area (Å²) in [7, 11) is -1.51. The Morgan fingerprint density at radius 1 is 0.773 bits per heavy atom. The number of benzene rings is 4. The zero-order chi connectivity index (χ0) is 31.5. The Balaban J connectivity index is 1.47. The number of methoxy groups -OCH3 is 2. The van der Waals surface area contributed by atoms with Gasteiger partial charge in [-0.15, -0.1) is 4.33 Å². The summed E-state index contributed by atoms with van der Waals surface area (Å²) in [4.78, 5) is 4.49. The van der Waals surface area contributed by atoms with Crippen LogP contribution in [0, 0.1) is 0 Å². The van der Waals surface area contributed by atoms with Crippen LogP contribution in [0.1, 0.15) is 0 Å². The molecule has 4 aromatic rings. The van der Waals surface area contributed by atoms with Crippen LogP contribution in [0.25, 0.3) is 0 Å². The molecule has 228 valence electrons. The second-order valence-corrected chi connectivity index (χ2v) is 10.6. The van der Waals surface area contributed by atoms with Gasteiger partial charge in [-0.3, -0.25) is 4.55 Å². The summed E-state index contributed by atoms with van der Waals surface area (Å²) in [6.45, 7) is 0. The number of hydrogen-bond acceptors (Lipinski definition) is 13. The topological polar surface area (TPSA) is 206 Å². The number of anilines is 1. The van der Waals surface area contributed by atoms with Crippen molar-refractivity contribution >= 4 is 62.3 Å². The van der Waals surface area contributed by atoms with Gasteiger partial charge in [0.15, 0.2) is 0 Å². The van der Waals surface area contributed by atoms with Crippen molar-refractivity contribution in [3.8, 4) is 11.5 Å². The molecular formula is C27H24N6O9S2. The molecule has 4 aromatic carbocycles. The van der Waals surface area contributed by atoms with Crippen molar-refractivity contribution in [3.63, 3.8) is 0 Å². The number of amidine groups is 1. The minimum absolute atomic E-state index is 0.209. The fourth-order valence-electron chi connectivity index (χ4n) is 3.52.